The van der Waals surface area contributed by atoms with Gasteiger partial charge in [0.05, 0.1) is 0 Å². The summed E-state index contributed by atoms with van der Waals surface area (Å²) in [4.78, 5) is 4.43. The van der Waals surface area contributed by atoms with Crippen molar-refractivity contribution < 1.29 is 0 Å². The minimum Gasteiger partial charge on any atom is -0.333 e. The molecule has 2 rings (SSSR count). The molecular formula is C14H19ClN4. The molecule has 0 fully saturated rings. The molecule has 1 atom stereocenters. The average molecular weight is 279 g/mol. The molecule has 1 unspecified atom stereocenters. The summed E-state index contributed by atoms with van der Waals surface area (Å²) < 4.78 is 2.12. The third kappa shape index (κ3) is 2.97. The fraction of sp³-hybridized carbons (Fsp3) is 0.357. The summed E-state index contributed by atoms with van der Waals surface area (Å²) in [6, 6.07) is 5.68. The molecule has 4 nitrogen and oxygen atoms in total. The predicted molar refractivity (Wildman–Crippen MR) is 77.9 cm³/mol. The Morgan fingerprint density at radius 1 is 1.47 bits per heavy atom. The Morgan fingerprint density at radius 3 is 2.89 bits per heavy atom. The molecule has 0 amide bonds. The third-order valence-electron chi connectivity index (χ3n) is 3.18. The number of benzene rings is 1. The van der Waals surface area contributed by atoms with Gasteiger partial charge in [0.1, 0.15) is 11.9 Å². The molecule has 1 aromatic carbocycles. The number of nitrogens with one attached hydrogen (secondary N) is 1. The summed E-state index contributed by atoms with van der Waals surface area (Å²) in [7, 11) is 0. The first-order valence-corrected chi connectivity index (χ1v) is 6.78. The van der Waals surface area contributed by atoms with Gasteiger partial charge < -0.3 is 4.57 Å². The van der Waals surface area contributed by atoms with Crippen molar-refractivity contribution in [1.82, 2.24) is 15.0 Å². The zero-order valence-electron chi connectivity index (χ0n) is 11.2. The highest BCUT2D eigenvalue weighted by Crippen LogP contribution is 2.25. The monoisotopic (exact) mass is 278 g/mol. The second kappa shape index (κ2) is 6.19. The molecule has 0 aliphatic rings. The van der Waals surface area contributed by atoms with E-state index in [2.05, 4.69) is 21.9 Å². The van der Waals surface area contributed by atoms with Crippen molar-refractivity contribution in [3.8, 4) is 0 Å². The largest absolute Gasteiger partial charge is 0.333 e. The smallest absolute Gasteiger partial charge is 0.131 e. The maximum atomic E-state index is 6.00. The molecule has 0 saturated carbocycles. The van der Waals surface area contributed by atoms with E-state index in [4.69, 9.17) is 17.4 Å². The van der Waals surface area contributed by atoms with Crippen LogP contribution >= 0.6 is 11.6 Å². The Bertz CT molecular complexity index is 550. The number of halogens is 1. The molecule has 0 saturated heterocycles. The van der Waals surface area contributed by atoms with E-state index in [0.29, 0.717) is 0 Å². The lowest BCUT2D eigenvalue weighted by Gasteiger charge is -2.19. The van der Waals surface area contributed by atoms with Crippen molar-refractivity contribution in [3.05, 3.63) is 52.6 Å². The first kappa shape index (κ1) is 14.1. The predicted octanol–water partition coefficient (Wildman–Crippen LogP) is 2.81. The van der Waals surface area contributed by atoms with Gasteiger partial charge in [-0.3, -0.25) is 5.84 Å². The van der Waals surface area contributed by atoms with Gasteiger partial charge in [0, 0.05) is 24.0 Å². The molecule has 0 aliphatic heterocycles. The maximum Gasteiger partial charge on any atom is 0.131 e. The number of hydrogen-bond donors (Lipinski definition) is 2. The summed E-state index contributed by atoms with van der Waals surface area (Å²) in [5, 5.41) is 0.730. The quantitative estimate of drug-likeness (QED) is 0.653. The van der Waals surface area contributed by atoms with E-state index in [1.54, 1.807) is 6.20 Å². The van der Waals surface area contributed by atoms with Crippen molar-refractivity contribution >= 4 is 11.6 Å². The number of rotatable bonds is 5. The van der Waals surface area contributed by atoms with Crippen LogP contribution in [0.4, 0.5) is 0 Å². The van der Waals surface area contributed by atoms with Crippen LogP contribution in [0.25, 0.3) is 0 Å². The van der Waals surface area contributed by atoms with Crippen LogP contribution in [-0.2, 0) is 6.54 Å². The van der Waals surface area contributed by atoms with Gasteiger partial charge in [-0.25, -0.2) is 10.4 Å². The number of nitrogens with zero attached hydrogens (tertiary/aromatic N) is 2. The van der Waals surface area contributed by atoms with E-state index in [9.17, 15) is 0 Å². The molecule has 0 spiro atoms. The Labute approximate surface area is 118 Å². The molecule has 19 heavy (non-hydrogen) atoms. The van der Waals surface area contributed by atoms with Crippen LogP contribution in [0, 0.1) is 6.92 Å². The lowest BCUT2D eigenvalue weighted by atomic mass is 10.0. The van der Waals surface area contributed by atoms with E-state index < -0.39 is 0 Å². The number of aryl methyl sites for hydroxylation is 2. The van der Waals surface area contributed by atoms with Crippen molar-refractivity contribution in [2.75, 3.05) is 0 Å². The van der Waals surface area contributed by atoms with Crippen LogP contribution in [0.5, 0.6) is 0 Å². The van der Waals surface area contributed by atoms with E-state index in [0.717, 1.165) is 34.9 Å². The fourth-order valence-electron chi connectivity index (χ4n) is 2.28. The number of imidazole rings is 1. The Hall–Kier alpha value is -1.36. The SMILES string of the molecule is CCCn1ccnc1C(NN)c1ccc(Cl)cc1C. The highest BCUT2D eigenvalue weighted by Gasteiger charge is 2.19. The average Bonchev–Trinajstić information content (AvgIpc) is 2.82. The number of aromatic nitrogens is 2. The first-order chi connectivity index (χ1) is 9.17. The lowest BCUT2D eigenvalue weighted by molar-refractivity contribution is 0.544. The molecule has 3 N–H and O–H groups in total. The third-order valence-corrected chi connectivity index (χ3v) is 3.42. The summed E-state index contributed by atoms with van der Waals surface area (Å²) >= 11 is 6.00. The Balaban J connectivity index is 2.41. The van der Waals surface area contributed by atoms with Gasteiger partial charge in [0.25, 0.3) is 0 Å². The molecular weight excluding hydrogens is 260 g/mol. The van der Waals surface area contributed by atoms with Crippen LogP contribution in [0.1, 0.15) is 36.3 Å². The zero-order chi connectivity index (χ0) is 13.8. The van der Waals surface area contributed by atoms with Gasteiger partial charge in [-0.2, -0.15) is 0 Å². The molecule has 5 heteroatoms. The molecule has 1 aromatic heterocycles. The lowest BCUT2D eigenvalue weighted by Crippen LogP contribution is -2.31. The van der Waals surface area contributed by atoms with Crippen molar-refractivity contribution in [3.63, 3.8) is 0 Å². The second-order valence-electron chi connectivity index (χ2n) is 4.58. The highest BCUT2D eigenvalue weighted by molar-refractivity contribution is 6.30. The molecule has 1 heterocycles. The maximum absolute atomic E-state index is 6.00. The highest BCUT2D eigenvalue weighted by atomic mass is 35.5. The molecule has 2 aromatic rings. The van der Waals surface area contributed by atoms with Crippen LogP contribution in [0.3, 0.4) is 0 Å². The Morgan fingerprint density at radius 2 is 2.26 bits per heavy atom. The van der Waals surface area contributed by atoms with Gasteiger partial charge >= 0.3 is 0 Å². The molecule has 0 bridgehead atoms. The summed E-state index contributed by atoms with van der Waals surface area (Å²) in [5.41, 5.74) is 5.05. The molecule has 102 valence electrons. The minimum absolute atomic E-state index is 0.126. The fourth-order valence-corrected chi connectivity index (χ4v) is 2.50. The Kier molecular flexibility index (Phi) is 4.58. The van der Waals surface area contributed by atoms with E-state index in [1.165, 1.54) is 0 Å². The second-order valence-corrected chi connectivity index (χ2v) is 5.02. The van der Waals surface area contributed by atoms with Crippen LogP contribution < -0.4 is 11.3 Å². The van der Waals surface area contributed by atoms with Crippen LogP contribution in [0.15, 0.2) is 30.6 Å². The van der Waals surface area contributed by atoms with Crippen molar-refractivity contribution in [2.45, 2.75) is 32.9 Å². The summed E-state index contributed by atoms with van der Waals surface area (Å²) in [6.07, 6.45) is 4.84. The standard InChI is InChI=1S/C14H19ClN4/c1-3-7-19-8-6-17-14(19)13(18-16)12-5-4-11(15)9-10(12)2/h4-6,8-9,13,18H,3,7,16H2,1-2H3. The zero-order valence-corrected chi connectivity index (χ0v) is 12.0. The van der Waals surface area contributed by atoms with Crippen LogP contribution in [-0.4, -0.2) is 9.55 Å². The number of hydrazine groups is 1. The summed E-state index contributed by atoms with van der Waals surface area (Å²) in [5.74, 6) is 6.66. The normalized spacial score (nSPS) is 12.6. The van der Waals surface area contributed by atoms with Gasteiger partial charge in [-0.15, -0.1) is 0 Å². The summed E-state index contributed by atoms with van der Waals surface area (Å²) in [6.45, 7) is 5.10. The van der Waals surface area contributed by atoms with Gasteiger partial charge in [-0.1, -0.05) is 24.6 Å². The molecule has 0 aliphatic carbocycles. The van der Waals surface area contributed by atoms with Crippen molar-refractivity contribution in [2.24, 2.45) is 5.84 Å². The van der Waals surface area contributed by atoms with Gasteiger partial charge in [0.2, 0.25) is 0 Å². The van der Waals surface area contributed by atoms with Crippen molar-refractivity contribution in [1.29, 1.82) is 0 Å². The molecule has 0 radical (unpaired) electrons. The van der Waals surface area contributed by atoms with E-state index in [-0.39, 0.29) is 6.04 Å². The van der Waals surface area contributed by atoms with Gasteiger partial charge in [-0.05, 0) is 36.6 Å². The van der Waals surface area contributed by atoms with E-state index in [1.807, 2.05) is 31.3 Å². The van der Waals surface area contributed by atoms with E-state index >= 15 is 0 Å². The van der Waals surface area contributed by atoms with Gasteiger partial charge in [0.15, 0.2) is 0 Å². The first-order valence-electron chi connectivity index (χ1n) is 6.40. The number of hydrogen-bond acceptors (Lipinski definition) is 3. The number of nitrogens with two attached hydrogens (primary N) is 1. The van der Waals surface area contributed by atoms with Crippen LogP contribution in [0.2, 0.25) is 5.02 Å². The topological polar surface area (TPSA) is 55.9 Å². The minimum atomic E-state index is -0.126.